The third-order valence-corrected chi connectivity index (χ3v) is 3.30. The number of benzene rings is 1. The minimum atomic E-state index is -0.258. The van der Waals surface area contributed by atoms with Crippen LogP contribution in [0.25, 0.3) is 0 Å². The minimum absolute atomic E-state index is 0.0783. The maximum atomic E-state index is 12.7. The first kappa shape index (κ1) is 14.0. The minimum Gasteiger partial charge on any atom is -0.344 e. The molecule has 0 aliphatic rings. The zero-order chi connectivity index (χ0) is 12.7. The Morgan fingerprint density at radius 1 is 1.41 bits per heavy atom. The second kappa shape index (κ2) is 7.29. The standard InChI is InChI=1S/C12H17FN2OS/c1-14-7-8-15(2)12(16)9-17-11-5-3-10(13)4-6-11/h3-6,14H,7-9H2,1-2H3. The van der Waals surface area contributed by atoms with Crippen LogP contribution in [0, 0.1) is 5.82 Å². The molecule has 17 heavy (non-hydrogen) atoms. The molecule has 1 aromatic carbocycles. The number of amides is 1. The molecule has 0 spiro atoms. The van der Waals surface area contributed by atoms with Crippen molar-refractivity contribution in [2.24, 2.45) is 0 Å². The average molecular weight is 256 g/mol. The molecular formula is C12H17FN2OS. The van der Waals surface area contributed by atoms with Gasteiger partial charge in [-0.3, -0.25) is 4.79 Å². The van der Waals surface area contributed by atoms with E-state index >= 15 is 0 Å². The summed E-state index contributed by atoms with van der Waals surface area (Å²) >= 11 is 1.42. The molecule has 94 valence electrons. The van der Waals surface area contributed by atoms with Gasteiger partial charge in [-0.1, -0.05) is 0 Å². The fraction of sp³-hybridized carbons (Fsp3) is 0.417. The summed E-state index contributed by atoms with van der Waals surface area (Å²) in [6.07, 6.45) is 0. The highest BCUT2D eigenvalue weighted by molar-refractivity contribution is 8.00. The van der Waals surface area contributed by atoms with Gasteiger partial charge >= 0.3 is 0 Å². The first-order valence-corrected chi connectivity index (χ1v) is 6.39. The monoisotopic (exact) mass is 256 g/mol. The van der Waals surface area contributed by atoms with Crippen molar-refractivity contribution in [2.75, 3.05) is 32.9 Å². The molecule has 0 bridgehead atoms. The topological polar surface area (TPSA) is 32.3 Å². The zero-order valence-corrected chi connectivity index (χ0v) is 10.9. The molecule has 0 saturated heterocycles. The van der Waals surface area contributed by atoms with Crippen molar-refractivity contribution in [3.63, 3.8) is 0 Å². The highest BCUT2D eigenvalue weighted by atomic mass is 32.2. The summed E-state index contributed by atoms with van der Waals surface area (Å²) in [4.78, 5) is 14.3. The van der Waals surface area contributed by atoms with Gasteiger partial charge in [-0.2, -0.15) is 0 Å². The molecule has 1 amide bonds. The molecule has 1 rings (SSSR count). The van der Waals surface area contributed by atoms with Crippen LogP contribution in [0.5, 0.6) is 0 Å². The van der Waals surface area contributed by atoms with Gasteiger partial charge in [0, 0.05) is 25.0 Å². The van der Waals surface area contributed by atoms with Gasteiger partial charge < -0.3 is 10.2 Å². The smallest absolute Gasteiger partial charge is 0.232 e. The molecule has 0 saturated carbocycles. The molecule has 0 heterocycles. The van der Waals surface area contributed by atoms with Gasteiger partial charge in [0.05, 0.1) is 5.75 Å². The molecule has 0 radical (unpaired) electrons. The predicted molar refractivity (Wildman–Crippen MR) is 68.7 cm³/mol. The zero-order valence-electron chi connectivity index (χ0n) is 10.1. The Balaban J connectivity index is 2.34. The Hall–Kier alpha value is -1.07. The van der Waals surface area contributed by atoms with Crippen LogP contribution < -0.4 is 5.32 Å². The molecule has 0 fully saturated rings. The highest BCUT2D eigenvalue weighted by Gasteiger charge is 2.08. The first-order chi connectivity index (χ1) is 8.13. The van der Waals surface area contributed by atoms with E-state index in [9.17, 15) is 9.18 Å². The van der Waals surface area contributed by atoms with E-state index < -0.39 is 0 Å². The van der Waals surface area contributed by atoms with Crippen LogP contribution >= 0.6 is 11.8 Å². The number of carbonyl (C=O) groups excluding carboxylic acids is 1. The summed E-state index contributed by atoms with van der Waals surface area (Å²) in [7, 11) is 3.64. The van der Waals surface area contributed by atoms with Crippen molar-refractivity contribution in [1.29, 1.82) is 0 Å². The summed E-state index contributed by atoms with van der Waals surface area (Å²) < 4.78 is 12.7. The lowest BCUT2D eigenvalue weighted by molar-refractivity contribution is -0.127. The number of nitrogens with one attached hydrogen (secondary N) is 1. The van der Waals surface area contributed by atoms with Crippen molar-refractivity contribution in [3.05, 3.63) is 30.1 Å². The van der Waals surface area contributed by atoms with Crippen LogP contribution in [-0.4, -0.2) is 43.7 Å². The number of rotatable bonds is 6. The van der Waals surface area contributed by atoms with Crippen LogP contribution in [0.3, 0.4) is 0 Å². The predicted octanol–water partition coefficient (Wildman–Crippen LogP) is 1.60. The van der Waals surface area contributed by atoms with Crippen molar-refractivity contribution < 1.29 is 9.18 Å². The molecule has 1 aromatic rings. The number of carbonyl (C=O) groups is 1. The molecule has 1 N–H and O–H groups in total. The Morgan fingerprint density at radius 3 is 2.65 bits per heavy atom. The van der Waals surface area contributed by atoms with E-state index in [-0.39, 0.29) is 11.7 Å². The van der Waals surface area contributed by atoms with Crippen molar-refractivity contribution in [1.82, 2.24) is 10.2 Å². The summed E-state index contributed by atoms with van der Waals surface area (Å²) in [5.74, 6) is 0.202. The number of thioether (sulfide) groups is 1. The van der Waals surface area contributed by atoms with Crippen molar-refractivity contribution in [2.45, 2.75) is 4.90 Å². The van der Waals surface area contributed by atoms with E-state index in [0.717, 1.165) is 11.4 Å². The summed E-state index contributed by atoms with van der Waals surface area (Å²) in [5, 5.41) is 2.99. The summed E-state index contributed by atoms with van der Waals surface area (Å²) in [6, 6.07) is 6.16. The third-order valence-electron chi connectivity index (χ3n) is 2.30. The van der Waals surface area contributed by atoms with Crippen LogP contribution in [0.15, 0.2) is 29.2 Å². The van der Waals surface area contributed by atoms with E-state index in [1.807, 2.05) is 7.05 Å². The number of hydrogen-bond acceptors (Lipinski definition) is 3. The third kappa shape index (κ3) is 5.19. The second-order valence-electron chi connectivity index (χ2n) is 3.66. The lowest BCUT2D eigenvalue weighted by Crippen LogP contribution is -2.33. The Morgan fingerprint density at radius 2 is 2.06 bits per heavy atom. The van der Waals surface area contributed by atoms with Gasteiger partial charge in [-0.25, -0.2) is 4.39 Å². The van der Waals surface area contributed by atoms with Gasteiger partial charge in [0.15, 0.2) is 0 Å². The molecule has 0 aliphatic carbocycles. The van der Waals surface area contributed by atoms with Crippen LogP contribution in [0.2, 0.25) is 0 Å². The molecule has 3 nitrogen and oxygen atoms in total. The fourth-order valence-corrected chi connectivity index (χ4v) is 2.03. The molecular weight excluding hydrogens is 239 g/mol. The normalized spacial score (nSPS) is 10.3. The highest BCUT2D eigenvalue weighted by Crippen LogP contribution is 2.18. The van der Waals surface area contributed by atoms with Crippen LogP contribution in [0.1, 0.15) is 0 Å². The lowest BCUT2D eigenvalue weighted by atomic mass is 10.4. The van der Waals surface area contributed by atoms with E-state index in [2.05, 4.69) is 5.32 Å². The van der Waals surface area contributed by atoms with E-state index in [1.165, 1.54) is 23.9 Å². The second-order valence-corrected chi connectivity index (χ2v) is 4.71. The maximum absolute atomic E-state index is 12.7. The van der Waals surface area contributed by atoms with Gasteiger partial charge in [0.25, 0.3) is 0 Å². The number of likely N-dealkylation sites (N-methyl/N-ethyl adjacent to an activating group) is 2. The van der Waals surface area contributed by atoms with Crippen molar-refractivity contribution in [3.8, 4) is 0 Å². The fourth-order valence-electron chi connectivity index (χ4n) is 1.19. The van der Waals surface area contributed by atoms with Gasteiger partial charge in [0.2, 0.25) is 5.91 Å². The number of halogens is 1. The lowest BCUT2D eigenvalue weighted by Gasteiger charge is -2.16. The maximum Gasteiger partial charge on any atom is 0.232 e. The Labute approximate surface area is 105 Å². The number of nitrogens with zero attached hydrogens (tertiary/aromatic N) is 1. The first-order valence-electron chi connectivity index (χ1n) is 5.40. The van der Waals surface area contributed by atoms with E-state index in [4.69, 9.17) is 0 Å². The summed E-state index contributed by atoms with van der Waals surface area (Å²) in [5.41, 5.74) is 0. The van der Waals surface area contributed by atoms with E-state index in [1.54, 1.807) is 24.1 Å². The Bertz CT molecular complexity index is 356. The molecule has 0 aromatic heterocycles. The Kier molecular flexibility index (Phi) is 6.00. The quantitative estimate of drug-likeness (QED) is 0.785. The molecule has 0 atom stereocenters. The number of hydrogen-bond donors (Lipinski definition) is 1. The molecule has 5 heteroatoms. The SMILES string of the molecule is CNCCN(C)C(=O)CSc1ccc(F)cc1. The van der Waals surface area contributed by atoms with Gasteiger partial charge in [-0.05, 0) is 31.3 Å². The van der Waals surface area contributed by atoms with Crippen molar-refractivity contribution >= 4 is 17.7 Å². The molecule has 0 unspecified atom stereocenters. The van der Waals surface area contributed by atoms with Crippen LogP contribution in [-0.2, 0) is 4.79 Å². The molecule has 0 aliphatic heterocycles. The van der Waals surface area contributed by atoms with Crippen LogP contribution in [0.4, 0.5) is 4.39 Å². The largest absolute Gasteiger partial charge is 0.344 e. The van der Waals surface area contributed by atoms with Gasteiger partial charge in [-0.15, -0.1) is 11.8 Å². The van der Waals surface area contributed by atoms with E-state index in [0.29, 0.717) is 12.3 Å². The van der Waals surface area contributed by atoms with Gasteiger partial charge in [0.1, 0.15) is 5.82 Å². The summed E-state index contributed by atoms with van der Waals surface area (Å²) in [6.45, 7) is 1.47. The average Bonchev–Trinajstić information content (AvgIpc) is 2.34.